The van der Waals surface area contributed by atoms with Crippen LogP contribution >= 0.6 is 0 Å². The Morgan fingerprint density at radius 1 is 1.17 bits per heavy atom. The van der Waals surface area contributed by atoms with Crippen molar-refractivity contribution in [1.29, 1.82) is 0 Å². The third-order valence-corrected chi connectivity index (χ3v) is 6.79. The predicted octanol–water partition coefficient (Wildman–Crippen LogP) is 2.11. The first-order valence-electron chi connectivity index (χ1n) is 11.2. The Bertz CT molecular complexity index is 947. The highest BCUT2D eigenvalue weighted by Gasteiger charge is 2.37. The second-order valence-corrected chi connectivity index (χ2v) is 9.04. The summed E-state index contributed by atoms with van der Waals surface area (Å²) in [5.74, 6) is 0.223. The monoisotopic (exact) mass is 411 g/mol. The van der Waals surface area contributed by atoms with Gasteiger partial charge in [0, 0.05) is 25.2 Å². The van der Waals surface area contributed by atoms with Gasteiger partial charge in [-0.1, -0.05) is 19.3 Å². The number of β-amino-alcohol motifs (C(OH)–C–C–N with tert-alkyl or cyclic N) is 1. The van der Waals surface area contributed by atoms with Gasteiger partial charge in [0.25, 0.3) is 5.91 Å². The fourth-order valence-corrected chi connectivity index (χ4v) is 4.86. The second-order valence-electron chi connectivity index (χ2n) is 9.04. The molecule has 2 aromatic rings. The number of likely N-dealkylation sites (tertiary alicyclic amines) is 1. The first-order valence-corrected chi connectivity index (χ1v) is 11.2. The number of H-pyrrole nitrogens is 1. The molecule has 0 radical (unpaired) electrons. The first-order chi connectivity index (χ1) is 14.6. The van der Waals surface area contributed by atoms with Crippen LogP contribution in [0.2, 0.25) is 0 Å². The molecule has 3 N–H and O–H groups in total. The first kappa shape index (κ1) is 19.5. The van der Waals surface area contributed by atoms with Gasteiger partial charge in [-0.3, -0.25) is 9.59 Å². The highest BCUT2D eigenvalue weighted by Crippen LogP contribution is 2.39. The van der Waals surface area contributed by atoms with Crippen molar-refractivity contribution >= 4 is 23.0 Å². The summed E-state index contributed by atoms with van der Waals surface area (Å²) in [6.07, 6.45) is 11.0. The Labute approximate surface area is 175 Å². The third kappa shape index (κ3) is 3.80. The molecule has 2 atom stereocenters. The van der Waals surface area contributed by atoms with E-state index in [4.69, 9.17) is 0 Å². The Morgan fingerprint density at radius 3 is 2.67 bits per heavy atom. The fourth-order valence-electron chi connectivity index (χ4n) is 4.86. The van der Waals surface area contributed by atoms with Gasteiger partial charge >= 0.3 is 0 Å². The molecule has 2 aromatic heterocycles. The summed E-state index contributed by atoms with van der Waals surface area (Å²) >= 11 is 0. The number of carbonyl (C=O) groups excluding carboxylic acids is 2. The number of hydrogen-bond donors (Lipinski definition) is 3. The molecule has 0 bridgehead atoms. The predicted molar refractivity (Wildman–Crippen MR) is 111 cm³/mol. The van der Waals surface area contributed by atoms with E-state index in [-0.39, 0.29) is 17.7 Å². The Hall–Kier alpha value is -2.48. The lowest BCUT2D eigenvalue weighted by Crippen LogP contribution is -2.52. The maximum Gasteiger partial charge on any atom is 0.255 e. The van der Waals surface area contributed by atoms with Crippen molar-refractivity contribution < 1.29 is 14.7 Å². The number of aromatic amines is 1. The molecule has 5 rings (SSSR count). The Kier molecular flexibility index (Phi) is 5.18. The molecule has 8 heteroatoms. The third-order valence-electron chi connectivity index (χ3n) is 6.79. The molecule has 1 saturated heterocycles. The number of amides is 2. The molecule has 30 heavy (non-hydrogen) atoms. The van der Waals surface area contributed by atoms with Gasteiger partial charge in [0.05, 0.1) is 23.6 Å². The highest BCUT2D eigenvalue weighted by atomic mass is 16.3. The molecule has 3 heterocycles. The van der Waals surface area contributed by atoms with Gasteiger partial charge in [-0.05, 0) is 38.0 Å². The fraction of sp³-hybridized carbons (Fsp3) is 0.636. The Morgan fingerprint density at radius 2 is 1.97 bits per heavy atom. The summed E-state index contributed by atoms with van der Waals surface area (Å²) in [7, 11) is 0. The molecular weight excluding hydrogens is 382 g/mol. The average Bonchev–Trinajstić information content (AvgIpc) is 3.39. The summed E-state index contributed by atoms with van der Waals surface area (Å²) in [5, 5.41) is 12.9. The maximum absolute atomic E-state index is 13.3. The summed E-state index contributed by atoms with van der Waals surface area (Å²) < 4.78 is 0. The average molecular weight is 412 g/mol. The molecule has 0 aromatic carbocycles. The zero-order valence-electron chi connectivity index (χ0n) is 17.1. The van der Waals surface area contributed by atoms with E-state index in [1.807, 2.05) is 0 Å². The van der Waals surface area contributed by atoms with Crippen LogP contribution < -0.4 is 5.32 Å². The summed E-state index contributed by atoms with van der Waals surface area (Å²) in [5.41, 5.74) is 2.54. The quantitative estimate of drug-likeness (QED) is 0.698. The second kappa shape index (κ2) is 7.98. The van der Waals surface area contributed by atoms with Crippen LogP contribution in [-0.4, -0.2) is 62.0 Å². The lowest BCUT2D eigenvalue weighted by Gasteiger charge is -2.32. The van der Waals surface area contributed by atoms with E-state index < -0.39 is 12.1 Å². The van der Waals surface area contributed by atoms with Crippen LogP contribution in [0.15, 0.2) is 12.4 Å². The number of rotatable bonds is 5. The molecule has 2 amide bonds. The van der Waals surface area contributed by atoms with Crippen LogP contribution in [0.25, 0.3) is 11.2 Å². The van der Waals surface area contributed by atoms with Crippen molar-refractivity contribution in [2.24, 2.45) is 5.92 Å². The van der Waals surface area contributed by atoms with Crippen LogP contribution in [0.4, 0.5) is 0 Å². The van der Waals surface area contributed by atoms with Gasteiger partial charge in [0.2, 0.25) is 5.91 Å². The lowest BCUT2D eigenvalue weighted by molar-refractivity contribution is -0.134. The zero-order valence-corrected chi connectivity index (χ0v) is 17.1. The van der Waals surface area contributed by atoms with Gasteiger partial charge in [-0.15, -0.1) is 0 Å². The minimum atomic E-state index is -0.562. The molecule has 0 unspecified atom stereocenters. The SMILES string of the molecule is O=C(N[C@@H](C(=O)N1CC[C@@H](O)C1)C1CCCCC1)c1c[nH]c2ncc(C3CC3)nc12. The number of aliphatic hydroxyl groups excluding tert-OH is 1. The minimum Gasteiger partial charge on any atom is -0.391 e. The van der Waals surface area contributed by atoms with Crippen molar-refractivity contribution in [3.05, 3.63) is 23.7 Å². The van der Waals surface area contributed by atoms with E-state index in [1.165, 1.54) is 6.42 Å². The van der Waals surface area contributed by atoms with Gasteiger partial charge in [-0.25, -0.2) is 9.97 Å². The number of nitrogens with zero attached hydrogens (tertiary/aromatic N) is 3. The smallest absolute Gasteiger partial charge is 0.255 e. The van der Waals surface area contributed by atoms with Crippen LogP contribution in [0.3, 0.4) is 0 Å². The molecule has 3 aliphatic rings. The van der Waals surface area contributed by atoms with E-state index in [0.29, 0.717) is 42.2 Å². The highest BCUT2D eigenvalue weighted by molar-refractivity contribution is 6.06. The number of hydrogen-bond acceptors (Lipinski definition) is 5. The van der Waals surface area contributed by atoms with Crippen LogP contribution in [0.5, 0.6) is 0 Å². The van der Waals surface area contributed by atoms with Crippen molar-refractivity contribution in [1.82, 2.24) is 25.2 Å². The molecule has 160 valence electrons. The van der Waals surface area contributed by atoms with Crippen molar-refractivity contribution in [3.63, 3.8) is 0 Å². The molecule has 0 spiro atoms. The molecule has 1 aliphatic heterocycles. The summed E-state index contributed by atoms with van der Waals surface area (Å²) in [4.78, 5) is 40.4. The Balaban J connectivity index is 1.39. The summed E-state index contributed by atoms with van der Waals surface area (Å²) in [6.45, 7) is 0.892. The molecule has 2 aliphatic carbocycles. The van der Waals surface area contributed by atoms with Crippen LogP contribution in [-0.2, 0) is 4.79 Å². The normalized spacial score (nSPS) is 23.6. The zero-order chi connectivity index (χ0) is 20.7. The minimum absolute atomic E-state index is 0.0728. The lowest BCUT2D eigenvalue weighted by atomic mass is 9.83. The van der Waals surface area contributed by atoms with Crippen molar-refractivity contribution in [2.75, 3.05) is 13.1 Å². The van der Waals surface area contributed by atoms with Crippen LogP contribution in [0, 0.1) is 5.92 Å². The van der Waals surface area contributed by atoms with E-state index in [0.717, 1.165) is 44.2 Å². The maximum atomic E-state index is 13.3. The number of fused-ring (bicyclic) bond motifs is 1. The molecular formula is C22H29N5O3. The van der Waals surface area contributed by atoms with Crippen molar-refractivity contribution in [3.8, 4) is 0 Å². The van der Waals surface area contributed by atoms with Gasteiger partial charge in [0.1, 0.15) is 11.6 Å². The molecule has 2 saturated carbocycles. The topological polar surface area (TPSA) is 111 Å². The number of aromatic nitrogens is 3. The number of aliphatic hydroxyl groups is 1. The van der Waals surface area contributed by atoms with E-state index in [1.54, 1.807) is 17.3 Å². The van der Waals surface area contributed by atoms with Crippen LogP contribution in [0.1, 0.15) is 73.3 Å². The van der Waals surface area contributed by atoms with Gasteiger partial charge < -0.3 is 20.3 Å². The summed E-state index contributed by atoms with van der Waals surface area (Å²) in [6, 6.07) is -0.562. The van der Waals surface area contributed by atoms with E-state index in [2.05, 4.69) is 20.3 Å². The standard InChI is InChI=1S/C22H29N5O3/c28-15-8-9-27(12-15)22(30)18(14-4-2-1-3-5-14)26-21(29)16-10-23-20-19(16)25-17(11-24-20)13-6-7-13/h10-11,13-15,18,28H,1-9,12H2,(H,23,24)(H,26,29)/t15-,18-/m1/s1. The largest absolute Gasteiger partial charge is 0.391 e. The number of carbonyl (C=O) groups is 2. The van der Waals surface area contributed by atoms with E-state index >= 15 is 0 Å². The van der Waals surface area contributed by atoms with Crippen molar-refractivity contribution in [2.45, 2.75) is 69.4 Å². The molecule has 8 nitrogen and oxygen atoms in total. The molecule has 3 fully saturated rings. The van der Waals surface area contributed by atoms with Gasteiger partial charge in [-0.2, -0.15) is 0 Å². The number of nitrogens with one attached hydrogen (secondary N) is 2. The van der Waals surface area contributed by atoms with Gasteiger partial charge in [0.15, 0.2) is 5.65 Å². The van der Waals surface area contributed by atoms with E-state index in [9.17, 15) is 14.7 Å².